The van der Waals surface area contributed by atoms with Gasteiger partial charge >= 0.3 is 6.18 Å². The molecular formula is C14H18F3N5O. The zero-order valence-electron chi connectivity index (χ0n) is 12.5. The molecule has 2 fully saturated rings. The van der Waals surface area contributed by atoms with E-state index in [-0.39, 0.29) is 11.9 Å². The first-order valence-corrected chi connectivity index (χ1v) is 7.59. The van der Waals surface area contributed by atoms with Crippen LogP contribution in [0.1, 0.15) is 18.5 Å². The zero-order chi connectivity index (χ0) is 16.4. The Morgan fingerprint density at radius 2 is 1.96 bits per heavy atom. The number of nitrogens with one attached hydrogen (secondary N) is 1. The van der Waals surface area contributed by atoms with Crippen molar-refractivity contribution in [3.8, 4) is 0 Å². The average Bonchev–Trinajstić information content (AvgIpc) is 3.31. The Morgan fingerprint density at radius 3 is 2.57 bits per heavy atom. The summed E-state index contributed by atoms with van der Waals surface area (Å²) in [6.45, 7) is 2.51. The fraction of sp³-hybridized carbons (Fsp3) is 0.643. The summed E-state index contributed by atoms with van der Waals surface area (Å²) in [5.41, 5.74) is -0.936. The summed E-state index contributed by atoms with van der Waals surface area (Å²) in [5.74, 6) is 0.0955. The summed E-state index contributed by atoms with van der Waals surface area (Å²) in [7, 11) is 0. The fourth-order valence-corrected chi connectivity index (χ4v) is 2.47. The van der Waals surface area contributed by atoms with Crippen LogP contribution in [0.25, 0.3) is 0 Å². The lowest BCUT2D eigenvalue weighted by molar-refractivity contribution is -0.141. The standard InChI is InChI=1S/C14H18F3N5O/c15-14(16,17)11-3-4-18-13(20-11)22-7-5-21(6-8-22)9-12(23)19-10-1-2-10/h3-4,10H,1-2,5-9H2,(H,19,23). The van der Waals surface area contributed by atoms with Crippen LogP contribution < -0.4 is 10.2 Å². The Kier molecular flexibility index (Phi) is 4.38. The van der Waals surface area contributed by atoms with Crippen molar-refractivity contribution in [3.63, 3.8) is 0 Å². The first kappa shape index (κ1) is 16.0. The van der Waals surface area contributed by atoms with Crippen LogP contribution in [0, 0.1) is 0 Å². The number of alkyl halides is 3. The molecule has 1 aliphatic heterocycles. The van der Waals surface area contributed by atoms with Gasteiger partial charge in [-0.25, -0.2) is 9.97 Å². The number of halogens is 3. The number of amides is 1. The molecule has 3 rings (SSSR count). The third-order valence-electron chi connectivity index (χ3n) is 3.90. The van der Waals surface area contributed by atoms with Gasteiger partial charge in [0, 0.05) is 38.4 Å². The van der Waals surface area contributed by atoms with Gasteiger partial charge < -0.3 is 10.2 Å². The molecule has 1 N–H and O–H groups in total. The predicted octanol–water partition coefficient (Wildman–Crippen LogP) is 0.896. The maximum atomic E-state index is 12.7. The molecule has 6 nitrogen and oxygen atoms in total. The summed E-state index contributed by atoms with van der Waals surface area (Å²) < 4.78 is 38.1. The minimum Gasteiger partial charge on any atom is -0.352 e. The van der Waals surface area contributed by atoms with Gasteiger partial charge in [-0.15, -0.1) is 0 Å². The van der Waals surface area contributed by atoms with Crippen LogP contribution in [-0.4, -0.2) is 59.5 Å². The third kappa shape index (κ3) is 4.31. The van der Waals surface area contributed by atoms with Gasteiger partial charge in [0.05, 0.1) is 6.54 Å². The quantitative estimate of drug-likeness (QED) is 0.889. The van der Waals surface area contributed by atoms with E-state index in [1.807, 2.05) is 4.90 Å². The number of rotatable bonds is 4. The van der Waals surface area contributed by atoms with Crippen molar-refractivity contribution in [2.24, 2.45) is 0 Å². The van der Waals surface area contributed by atoms with Crippen LogP contribution in [0.15, 0.2) is 12.3 Å². The number of carbonyl (C=O) groups excluding carboxylic acids is 1. The van der Waals surface area contributed by atoms with Gasteiger partial charge in [-0.05, 0) is 18.9 Å². The van der Waals surface area contributed by atoms with Gasteiger partial charge in [0.2, 0.25) is 11.9 Å². The van der Waals surface area contributed by atoms with Crippen LogP contribution in [-0.2, 0) is 11.0 Å². The topological polar surface area (TPSA) is 61.4 Å². The molecule has 23 heavy (non-hydrogen) atoms. The Hall–Kier alpha value is -1.90. The number of aromatic nitrogens is 2. The molecular weight excluding hydrogens is 311 g/mol. The lowest BCUT2D eigenvalue weighted by Crippen LogP contribution is -2.50. The Balaban J connectivity index is 1.53. The molecule has 0 unspecified atom stereocenters. The lowest BCUT2D eigenvalue weighted by Gasteiger charge is -2.34. The molecule has 0 atom stereocenters. The highest BCUT2D eigenvalue weighted by molar-refractivity contribution is 5.78. The first-order chi connectivity index (χ1) is 10.9. The highest BCUT2D eigenvalue weighted by Gasteiger charge is 2.33. The number of anilines is 1. The molecule has 0 bridgehead atoms. The summed E-state index contributed by atoms with van der Waals surface area (Å²) in [5, 5.41) is 2.92. The van der Waals surface area contributed by atoms with Crippen molar-refractivity contribution < 1.29 is 18.0 Å². The van der Waals surface area contributed by atoms with Crippen LogP contribution in [0.4, 0.5) is 19.1 Å². The van der Waals surface area contributed by atoms with E-state index >= 15 is 0 Å². The van der Waals surface area contributed by atoms with Crippen molar-refractivity contribution in [3.05, 3.63) is 18.0 Å². The highest BCUT2D eigenvalue weighted by Crippen LogP contribution is 2.28. The van der Waals surface area contributed by atoms with Crippen molar-refractivity contribution in [1.82, 2.24) is 20.2 Å². The molecule has 1 aliphatic carbocycles. The second-order valence-electron chi connectivity index (χ2n) is 5.84. The Morgan fingerprint density at radius 1 is 1.26 bits per heavy atom. The number of hydrogen-bond donors (Lipinski definition) is 1. The van der Waals surface area contributed by atoms with E-state index in [0.717, 1.165) is 25.1 Å². The predicted molar refractivity (Wildman–Crippen MR) is 76.9 cm³/mol. The summed E-state index contributed by atoms with van der Waals surface area (Å²) in [6.07, 6.45) is -1.25. The molecule has 1 saturated carbocycles. The highest BCUT2D eigenvalue weighted by atomic mass is 19.4. The van der Waals surface area contributed by atoms with Crippen molar-refractivity contribution >= 4 is 11.9 Å². The molecule has 1 aromatic heterocycles. The molecule has 1 amide bonds. The van der Waals surface area contributed by atoms with E-state index in [0.29, 0.717) is 38.8 Å². The van der Waals surface area contributed by atoms with Gasteiger partial charge in [0.15, 0.2) is 0 Å². The van der Waals surface area contributed by atoms with Crippen molar-refractivity contribution in [2.75, 3.05) is 37.6 Å². The van der Waals surface area contributed by atoms with Crippen molar-refractivity contribution in [2.45, 2.75) is 25.1 Å². The lowest BCUT2D eigenvalue weighted by atomic mass is 10.3. The number of nitrogens with zero attached hydrogens (tertiary/aromatic N) is 4. The molecule has 0 aromatic carbocycles. The van der Waals surface area contributed by atoms with E-state index in [2.05, 4.69) is 15.3 Å². The van der Waals surface area contributed by atoms with Gasteiger partial charge in [-0.1, -0.05) is 0 Å². The smallest absolute Gasteiger partial charge is 0.352 e. The normalized spacial score (nSPS) is 19.7. The molecule has 0 spiro atoms. The summed E-state index contributed by atoms with van der Waals surface area (Å²) in [6, 6.07) is 1.20. The molecule has 0 radical (unpaired) electrons. The second-order valence-corrected chi connectivity index (χ2v) is 5.84. The van der Waals surface area contributed by atoms with Crippen LogP contribution in [0.5, 0.6) is 0 Å². The minimum absolute atomic E-state index is 0.0104. The van der Waals surface area contributed by atoms with Crippen molar-refractivity contribution in [1.29, 1.82) is 0 Å². The largest absolute Gasteiger partial charge is 0.433 e. The molecule has 2 aliphatic rings. The Bertz CT molecular complexity index is 568. The van der Waals surface area contributed by atoms with E-state index in [1.54, 1.807) is 4.90 Å². The summed E-state index contributed by atoms with van der Waals surface area (Å²) in [4.78, 5) is 23.0. The monoisotopic (exact) mass is 329 g/mol. The fourth-order valence-electron chi connectivity index (χ4n) is 2.47. The summed E-state index contributed by atoms with van der Waals surface area (Å²) >= 11 is 0. The van der Waals surface area contributed by atoms with E-state index in [9.17, 15) is 18.0 Å². The van der Waals surface area contributed by atoms with E-state index < -0.39 is 11.9 Å². The van der Waals surface area contributed by atoms with Gasteiger partial charge in [0.1, 0.15) is 5.69 Å². The second kappa shape index (κ2) is 6.31. The molecule has 126 valence electrons. The van der Waals surface area contributed by atoms with Crippen LogP contribution in [0.3, 0.4) is 0 Å². The number of hydrogen-bond acceptors (Lipinski definition) is 5. The van der Waals surface area contributed by atoms with Crippen LogP contribution >= 0.6 is 0 Å². The molecule has 1 aromatic rings. The molecule has 1 saturated heterocycles. The Labute approximate surface area is 131 Å². The number of carbonyl (C=O) groups is 1. The third-order valence-corrected chi connectivity index (χ3v) is 3.90. The molecule has 2 heterocycles. The van der Waals surface area contributed by atoms with Gasteiger partial charge in [-0.3, -0.25) is 9.69 Å². The van der Waals surface area contributed by atoms with E-state index in [4.69, 9.17) is 0 Å². The molecule has 9 heteroatoms. The number of piperazine rings is 1. The van der Waals surface area contributed by atoms with Gasteiger partial charge in [-0.2, -0.15) is 13.2 Å². The maximum Gasteiger partial charge on any atom is 0.433 e. The maximum absolute atomic E-state index is 12.7. The van der Waals surface area contributed by atoms with Crippen LogP contribution in [0.2, 0.25) is 0 Å². The average molecular weight is 329 g/mol. The zero-order valence-corrected chi connectivity index (χ0v) is 12.5. The first-order valence-electron chi connectivity index (χ1n) is 7.59. The van der Waals surface area contributed by atoms with Gasteiger partial charge in [0.25, 0.3) is 0 Å². The minimum atomic E-state index is -4.47. The van der Waals surface area contributed by atoms with E-state index in [1.165, 1.54) is 0 Å². The SMILES string of the molecule is O=C(CN1CCN(c2nccc(C(F)(F)F)n2)CC1)NC1CC1.